The SMILES string of the molecule is Cc1ccc(NS(=O)(=O)C2=C(N3CCCC3)C(=O)c3ccccc3C2=O)cc1Cl. The maximum absolute atomic E-state index is 13.3. The molecule has 150 valence electrons. The zero-order valence-corrected chi connectivity index (χ0v) is 17.3. The van der Waals surface area contributed by atoms with Crippen LogP contribution in [0.15, 0.2) is 53.1 Å². The number of aryl methyl sites for hydroxylation is 1. The van der Waals surface area contributed by atoms with Gasteiger partial charge in [0.15, 0.2) is 4.91 Å². The van der Waals surface area contributed by atoms with E-state index in [-0.39, 0.29) is 22.5 Å². The molecule has 1 aliphatic heterocycles. The normalized spacial score (nSPS) is 17.0. The first-order valence-corrected chi connectivity index (χ1v) is 11.1. The van der Waals surface area contributed by atoms with E-state index in [0.717, 1.165) is 18.4 Å². The van der Waals surface area contributed by atoms with E-state index in [1.165, 1.54) is 12.1 Å². The minimum Gasteiger partial charge on any atom is -0.367 e. The number of sulfonamides is 1. The molecule has 0 radical (unpaired) electrons. The minimum absolute atomic E-state index is 0.0445. The largest absolute Gasteiger partial charge is 0.367 e. The first-order chi connectivity index (χ1) is 13.8. The number of nitrogens with one attached hydrogen (secondary N) is 1. The predicted molar refractivity (Wildman–Crippen MR) is 112 cm³/mol. The Kier molecular flexibility index (Phi) is 4.96. The summed E-state index contributed by atoms with van der Waals surface area (Å²) in [4.78, 5) is 27.6. The van der Waals surface area contributed by atoms with E-state index in [1.54, 1.807) is 42.2 Å². The van der Waals surface area contributed by atoms with E-state index in [2.05, 4.69) is 4.72 Å². The average Bonchev–Trinajstić information content (AvgIpc) is 3.21. The van der Waals surface area contributed by atoms with Crippen molar-refractivity contribution in [2.24, 2.45) is 0 Å². The molecule has 0 saturated carbocycles. The molecule has 6 nitrogen and oxygen atoms in total. The summed E-state index contributed by atoms with van der Waals surface area (Å²) in [7, 11) is -4.32. The van der Waals surface area contributed by atoms with Gasteiger partial charge < -0.3 is 4.90 Å². The van der Waals surface area contributed by atoms with E-state index in [4.69, 9.17) is 11.6 Å². The molecule has 8 heteroatoms. The molecule has 1 fully saturated rings. The summed E-state index contributed by atoms with van der Waals surface area (Å²) in [6.45, 7) is 2.87. The summed E-state index contributed by atoms with van der Waals surface area (Å²) in [6, 6.07) is 11.0. The molecule has 1 heterocycles. The van der Waals surface area contributed by atoms with E-state index in [0.29, 0.717) is 18.1 Å². The summed E-state index contributed by atoms with van der Waals surface area (Å²) in [6.07, 6.45) is 1.67. The first kappa shape index (κ1) is 19.7. The third-order valence-electron chi connectivity index (χ3n) is 5.17. The Labute approximate surface area is 174 Å². The standard InChI is InChI=1S/C21H19ClN2O4S/c1-13-8-9-14(12-17(13)22)23-29(27,28)21-18(24-10-4-5-11-24)19(25)15-6-2-3-7-16(15)20(21)26/h2-3,6-9,12,23H,4-5,10-11H2,1H3. The number of hydrogen-bond acceptors (Lipinski definition) is 5. The number of halogens is 1. The van der Waals surface area contributed by atoms with Crippen LogP contribution in [0.4, 0.5) is 5.69 Å². The lowest BCUT2D eigenvalue weighted by atomic mass is 9.92. The molecular weight excluding hydrogens is 412 g/mol. The summed E-state index contributed by atoms with van der Waals surface area (Å²) >= 11 is 6.10. The van der Waals surface area contributed by atoms with Crippen LogP contribution in [0.2, 0.25) is 5.02 Å². The molecule has 2 aliphatic rings. The van der Waals surface area contributed by atoms with Crippen LogP contribution in [0, 0.1) is 6.92 Å². The molecule has 0 amide bonds. The zero-order chi connectivity index (χ0) is 20.8. The number of allylic oxidation sites excluding steroid dienone is 2. The number of carbonyl (C=O) groups is 2. The van der Waals surface area contributed by atoms with Crippen molar-refractivity contribution in [3.8, 4) is 0 Å². The lowest BCUT2D eigenvalue weighted by Crippen LogP contribution is -2.36. The quantitative estimate of drug-likeness (QED) is 0.798. The molecule has 2 aromatic carbocycles. The second-order valence-corrected chi connectivity index (χ2v) is 9.17. The summed E-state index contributed by atoms with van der Waals surface area (Å²) in [5.41, 5.74) is 1.31. The predicted octanol–water partition coefficient (Wildman–Crippen LogP) is 3.78. The van der Waals surface area contributed by atoms with Crippen molar-refractivity contribution in [1.29, 1.82) is 0 Å². The van der Waals surface area contributed by atoms with Gasteiger partial charge in [0.25, 0.3) is 10.0 Å². The molecule has 4 rings (SSSR count). The molecule has 0 aromatic heterocycles. The Morgan fingerprint density at radius 1 is 0.966 bits per heavy atom. The van der Waals surface area contributed by atoms with Crippen LogP contribution in [-0.2, 0) is 10.0 Å². The highest BCUT2D eigenvalue weighted by Crippen LogP contribution is 2.34. The Morgan fingerprint density at radius 3 is 2.21 bits per heavy atom. The zero-order valence-electron chi connectivity index (χ0n) is 15.7. The van der Waals surface area contributed by atoms with Crippen LogP contribution in [0.5, 0.6) is 0 Å². The van der Waals surface area contributed by atoms with Crippen molar-refractivity contribution in [1.82, 2.24) is 4.90 Å². The van der Waals surface area contributed by atoms with Crippen molar-refractivity contribution in [2.75, 3.05) is 17.8 Å². The Balaban J connectivity index is 1.86. The number of benzene rings is 2. The minimum atomic E-state index is -4.32. The van der Waals surface area contributed by atoms with Crippen LogP contribution in [0.3, 0.4) is 0 Å². The van der Waals surface area contributed by atoms with Gasteiger partial charge in [0.2, 0.25) is 11.6 Å². The molecule has 0 bridgehead atoms. The highest BCUT2D eigenvalue weighted by molar-refractivity contribution is 7.97. The van der Waals surface area contributed by atoms with Crippen molar-refractivity contribution in [2.45, 2.75) is 19.8 Å². The lowest BCUT2D eigenvalue weighted by molar-refractivity contribution is 0.0953. The number of anilines is 1. The van der Waals surface area contributed by atoms with E-state index < -0.39 is 26.5 Å². The third kappa shape index (κ3) is 3.45. The lowest BCUT2D eigenvalue weighted by Gasteiger charge is -2.27. The summed E-state index contributed by atoms with van der Waals surface area (Å²) < 4.78 is 29.0. The van der Waals surface area contributed by atoms with Crippen molar-refractivity contribution in [3.05, 3.63) is 74.8 Å². The molecule has 0 atom stereocenters. The van der Waals surface area contributed by atoms with Gasteiger partial charge in [-0.3, -0.25) is 14.3 Å². The summed E-state index contributed by atoms with van der Waals surface area (Å²) in [5.74, 6) is -1.11. The number of ketones is 2. The Bertz CT molecular complexity index is 1160. The smallest absolute Gasteiger partial charge is 0.268 e. The molecule has 0 unspecified atom stereocenters. The van der Waals surface area contributed by atoms with Gasteiger partial charge in [-0.2, -0.15) is 0 Å². The fraction of sp³-hybridized carbons (Fsp3) is 0.238. The molecular formula is C21H19ClN2O4S. The number of nitrogens with zero attached hydrogens (tertiary/aromatic N) is 1. The summed E-state index contributed by atoms with van der Waals surface area (Å²) in [5, 5.41) is 0.398. The fourth-order valence-electron chi connectivity index (χ4n) is 3.68. The molecule has 1 aliphatic carbocycles. The van der Waals surface area contributed by atoms with E-state index in [1.807, 2.05) is 0 Å². The van der Waals surface area contributed by atoms with Gasteiger partial charge in [0.1, 0.15) is 5.70 Å². The third-order valence-corrected chi connectivity index (χ3v) is 7.00. The van der Waals surface area contributed by atoms with Gasteiger partial charge >= 0.3 is 0 Å². The molecule has 29 heavy (non-hydrogen) atoms. The van der Waals surface area contributed by atoms with Crippen LogP contribution in [0.25, 0.3) is 0 Å². The van der Waals surface area contributed by atoms with Gasteiger partial charge in [-0.05, 0) is 37.5 Å². The van der Waals surface area contributed by atoms with Crippen LogP contribution in [-0.4, -0.2) is 38.0 Å². The van der Waals surface area contributed by atoms with Crippen molar-refractivity contribution in [3.63, 3.8) is 0 Å². The number of fused-ring (bicyclic) bond motifs is 1. The van der Waals surface area contributed by atoms with Crippen LogP contribution < -0.4 is 4.72 Å². The molecule has 0 spiro atoms. The topological polar surface area (TPSA) is 83.6 Å². The van der Waals surface area contributed by atoms with Gasteiger partial charge in [0.05, 0.1) is 5.69 Å². The van der Waals surface area contributed by atoms with E-state index >= 15 is 0 Å². The van der Waals surface area contributed by atoms with Gasteiger partial charge in [-0.1, -0.05) is 41.9 Å². The van der Waals surface area contributed by atoms with Gasteiger partial charge in [0, 0.05) is 29.2 Å². The highest BCUT2D eigenvalue weighted by Gasteiger charge is 2.41. The average molecular weight is 431 g/mol. The van der Waals surface area contributed by atoms with Crippen molar-refractivity contribution >= 4 is 38.9 Å². The number of carbonyl (C=O) groups excluding carboxylic acids is 2. The number of likely N-dealkylation sites (tertiary alicyclic amines) is 1. The molecule has 1 saturated heterocycles. The van der Waals surface area contributed by atoms with Crippen molar-refractivity contribution < 1.29 is 18.0 Å². The van der Waals surface area contributed by atoms with Gasteiger partial charge in [-0.15, -0.1) is 0 Å². The second kappa shape index (κ2) is 7.31. The second-order valence-electron chi connectivity index (χ2n) is 7.15. The monoisotopic (exact) mass is 430 g/mol. The highest BCUT2D eigenvalue weighted by atomic mass is 35.5. The number of Topliss-reactive ketones (excluding diaryl/α,β-unsaturated/α-hetero) is 2. The maximum atomic E-state index is 13.3. The molecule has 1 N–H and O–H groups in total. The van der Waals surface area contributed by atoms with Gasteiger partial charge in [-0.25, -0.2) is 8.42 Å². The first-order valence-electron chi connectivity index (χ1n) is 9.26. The van der Waals surface area contributed by atoms with Crippen LogP contribution >= 0.6 is 11.6 Å². The maximum Gasteiger partial charge on any atom is 0.268 e. The number of rotatable bonds is 4. The Morgan fingerprint density at radius 2 is 1.59 bits per heavy atom. The number of hydrogen-bond donors (Lipinski definition) is 1. The fourth-order valence-corrected chi connectivity index (χ4v) is 5.23. The molecule has 2 aromatic rings. The Hall–Kier alpha value is -2.64. The van der Waals surface area contributed by atoms with Crippen LogP contribution in [0.1, 0.15) is 39.1 Å². The van der Waals surface area contributed by atoms with E-state index in [9.17, 15) is 18.0 Å².